The largest absolute Gasteiger partial charge is 0.456 e. The van der Waals surface area contributed by atoms with Crippen LogP contribution in [-0.4, -0.2) is 4.57 Å². The molecule has 2 aromatic carbocycles. The Hall–Kier alpha value is -2.81. The molecule has 3 aromatic heterocycles. The first-order valence-electron chi connectivity index (χ1n) is 7.83. The molecule has 0 spiro atoms. The van der Waals surface area contributed by atoms with Gasteiger partial charge in [0.05, 0.1) is 17.0 Å². The van der Waals surface area contributed by atoms with E-state index in [1.54, 1.807) is 0 Å². The third-order valence-electron chi connectivity index (χ3n) is 5.00. The molecule has 0 unspecified atom stereocenters. The quantitative estimate of drug-likeness (QED) is 0.236. The van der Waals surface area contributed by atoms with Crippen LogP contribution in [0.1, 0.15) is 5.56 Å². The average Bonchev–Trinajstić information content (AvgIpc) is 2.92. The second kappa shape index (κ2) is 4.13. The molecule has 0 aliphatic heterocycles. The topological polar surface area (TPSA) is 21.9 Å². The van der Waals surface area contributed by atoms with Gasteiger partial charge in [0.2, 0.25) is 5.52 Å². The van der Waals surface area contributed by atoms with Crippen LogP contribution < -0.4 is 4.57 Å². The summed E-state index contributed by atoms with van der Waals surface area (Å²) >= 11 is 0. The Balaban J connectivity index is 2.19. The summed E-state index contributed by atoms with van der Waals surface area (Å²) in [7, 11) is 4.18. The molecule has 0 saturated carbocycles. The Labute approximate surface area is 133 Å². The SMILES string of the molecule is Cc1c2cc[n+](C)c2cc2oc3cccc4ccn(C)c(c12)c43. The smallest absolute Gasteiger partial charge is 0.216 e. The van der Waals surface area contributed by atoms with Crippen molar-refractivity contribution in [2.24, 2.45) is 14.1 Å². The van der Waals surface area contributed by atoms with Gasteiger partial charge < -0.3 is 8.98 Å². The lowest BCUT2D eigenvalue weighted by atomic mass is 10.0. The van der Waals surface area contributed by atoms with Gasteiger partial charge in [-0.25, -0.2) is 4.57 Å². The van der Waals surface area contributed by atoms with Crippen molar-refractivity contribution < 1.29 is 8.98 Å². The number of nitrogens with zero attached hydrogens (tertiary/aromatic N) is 2. The van der Waals surface area contributed by atoms with Gasteiger partial charge >= 0.3 is 0 Å². The lowest BCUT2D eigenvalue weighted by Crippen LogP contribution is -2.24. The molecule has 3 heteroatoms. The minimum Gasteiger partial charge on any atom is -0.456 e. The first-order valence-corrected chi connectivity index (χ1v) is 7.83. The van der Waals surface area contributed by atoms with Crippen molar-refractivity contribution in [1.82, 2.24) is 4.57 Å². The summed E-state index contributed by atoms with van der Waals surface area (Å²) in [6.07, 6.45) is 4.24. The number of aromatic nitrogens is 2. The lowest BCUT2D eigenvalue weighted by Gasteiger charge is -2.14. The molecule has 3 nitrogen and oxygen atoms in total. The summed E-state index contributed by atoms with van der Waals surface area (Å²) < 4.78 is 10.6. The molecule has 23 heavy (non-hydrogen) atoms. The van der Waals surface area contributed by atoms with Gasteiger partial charge in [-0.3, -0.25) is 0 Å². The lowest BCUT2D eigenvalue weighted by molar-refractivity contribution is -0.642. The van der Waals surface area contributed by atoms with Crippen molar-refractivity contribution in [3.05, 3.63) is 54.4 Å². The van der Waals surface area contributed by atoms with Crippen molar-refractivity contribution in [3.8, 4) is 0 Å². The van der Waals surface area contributed by atoms with Crippen LogP contribution in [0, 0.1) is 6.92 Å². The third kappa shape index (κ3) is 1.51. The Morgan fingerprint density at radius 3 is 2.78 bits per heavy atom. The Morgan fingerprint density at radius 2 is 1.91 bits per heavy atom. The summed E-state index contributed by atoms with van der Waals surface area (Å²) in [4.78, 5) is 0. The van der Waals surface area contributed by atoms with Crippen molar-refractivity contribution in [2.45, 2.75) is 6.92 Å². The highest BCUT2D eigenvalue weighted by Gasteiger charge is 2.18. The maximum absolute atomic E-state index is 6.29. The first kappa shape index (κ1) is 12.7. The Kier molecular flexibility index (Phi) is 2.28. The van der Waals surface area contributed by atoms with Crippen molar-refractivity contribution in [1.29, 1.82) is 0 Å². The van der Waals surface area contributed by atoms with Crippen LogP contribution in [0.15, 0.2) is 53.2 Å². The van der Waals surface area contributed by atoms with Crippen LogP contribution >= 0.6 is 0 Å². The number of benzene rings is 2. The highest BCUT2D eigenvalue weighted by molar-refractivity contribution is 6.18. The summed E-state index contributed by atoms with van der Waals surface area (Å²) in [6.45, 7) is 2.19. The molecule has 0 radical (unpaired) electrons. The van der Waals surface area contributed by atoms with E-state index in [0.29, 0.717) is 0 Å². The maximum Gasteiger partial charge on any atom is 0.216 e. The first-order chi connectivity index (χ1) is 11.1. The molecular formula is C20H17N2O+. The highest BCUT2D eigenvalue weighted by atomic mass is 16.3. The minimum absolute atomic E-state index is 0.939. The van der Waals surface area contributed by atoms with Gasteiger partial charge in [0.1, 0.15) is 18.2 Å². The molecule has 0 saturated heterocycles. The van der Waals surface area contributed by atoms with E-state index in [4.69, 9.17) is 4.42 Å². The fourth-order valence-corrected chi connectivity index (χ4v) is 3.82. The average molecular weight is 301 g/mol. The monoisotopic (exact) mass is 301 g/mol. The van der Waals surface area contributed by atoms with Crippen molar-refractivity contribution >= 4 is 43.7 Å². The number of hydrogen-bond acceptors (Lipinski definition) is 1. The van der Waals surface area contributed by atoms with Crippen molar-refractivity contribution in [2.75, 3.05) is 0 Å². The summed E-state index contributed by atoms with van der Waals surface area (Å²) in [5.41, 5.74) is 5.60. The van der Waals surface area contributed by atoms with Gasteiger partial charge in [-0.1, -0.05) is 12.1 Å². The fraction of sp³-hybridized carbons (Fsp3) is 0.150. The van der Waals surface area contributed by atoms with Gasteiger partial charge in [-0.15, -0.1) is 0 Å². The van der Waals surface area contributed by atoms with E-state index in [9.17, 15) is 0 Å². The number of aryl methyl sites for hydroxylation is 3. The molecule has 0 aliphatic carbocycles. The zero-order valence-corrected chi connectivity index (χ0v) is 13.4. The predicted molar refractivity (Wildman–Crippen MR) is 93.6 cm³/mol. The second-order valence-electron chi connectivity index (χ2n) is 6.33. The van der Waals surface area contributed by atoms with E-state index in [0.717, 1.165) is 11.2 Å². The van der Waals surface area contributed by atoms with Gasteiger partial charge in [-0.05, 0) is 30.0 Å². The normalized spacial score (nSPS) is 12.1. The molecule has 3 heterocycles. The van der Waals surface area contributed by atoms with Crippen molar-refractivity contribution in [3.63, 3.8) is 0 Å². The molecule has 5 aromatic rings. The van der Waals surface area contributed by atoms with E-state index in [1.807, 2.05) is 0 Å². The van der Waals surface area contributed by atoms with Crippen LogP contribution in [0.2, 0.25) is 0 Å². The molecule has 0 atom stereocenters. The second-order valence-corrected chi connectivity index (χ2v) is 6.33. The zero-order valence-electron chi connectivity index (χ0n) is 13.4. The van der Waals surface area contributed by atoms with Gasteiger partial charge in [0, 0.05) is 30.1 Å². The molecule has 112 valence electrons. The third-order valence-corrected chi connectivity index (χ3v) is 5.00. The molecule has 0 N–H and O–H groups in total. The molecule has 0 fully saturated rings. The Morgan fingerprint density at radius 1 is 1.04 bits per heavy atom. The number of pyridine rings is 1. The predicted octanol–water partition coefficient (Wildman–Crippen LogP) is 4.36. The number of fused-ring (bicyclic) bond motifs is 3. The van der Waals surface area contributed by atoms with E-state index in [-0.39, 0.29) is 0 Å². The highest BCUT2D eigenvalue weighted by Crippen LogP contribution is 2.37. The summed E-state index contributed by atoms with van der Waals surface area (Å²) in [5, 5.41) is 4.90. The van der Waals surface area contributed by atoms with Crippen LogP contribution in [0.4, 0.5) is 0 Å². The Bertz CT molecular complexity index is 1240. The van der Waals surface area contributed by atoms with E-state index in [1.165, 1.54) is 38.1 Å². The van der Waals surface area contributed by atoms with E-state index < -0.39 is 0 Å². The van der Waals surface area contributed by atoms with Gasteiger partial charge in [0.15, 0.2) is 6.20 Å². The molecule has 0 amide bonds. The number of rotatable bonds is 0. The van der Waals surface area contributed by atoms with Crippen LogP contribution in [0.3, 0.4) is 0 Å². The number of hydrogen-bond donors (Lipinski definition) is 0. The minimum atomic E-state index is 0.939. The summed E-state index contributed by atoms with van der Waals surface area (Å²) in [5.74, 6) is 0. The zero-order chi connectivity index (χ0) is 15.7. The molecule has 0 aliphatic rings. The molecular weight excluding hydrogens is 284 g/mol. The van der Waals surface area contributed by atoms with E-state index >= 15 is 0 Å². The van der Waals surface area contributed by atoms with Crippen LogP contribution in [-0.2, 0) is 14.1 Å². The van der Waals surface area contributed by atoms with Gasteiger partial charge in [0.25, 0.3) is 0 Å². The maximum atomic E-state index is 6.29. The van der Waals surface area contributed by atoms with Crippen LogP contribution in [0.5, 0.6) is 0 Å². The van der Waals surface area contributed by atoms with Crippen LogP contribution in [0.25, 0.3) is 43.7 Å². The molecule has 5 rings (SSSR count). The molecule has 0 bridgehead atoms. The van der Waals surface area contributed by atoms with Gasteiger partial charge in [-0.2, -0.15) is 0 Å². The van der Waals surface area contributed by atoms with E-state index in [2.05, 4.69) is 78.9 Å². The summed E-state index contributed by atoms with van der Waals surface area (Å²) in [6, 6.07) is 12.7. The standard InChI is InChI=1S/C20H17N2O/c1-12-14-8-10-21(2)15(14)11-17-18(12)20-19-13(7-9-22(20)3)5-4-6-16(19)23-17/h4-11H,1-3H3/q+1. The fourth-order valence-electron chi connectivity index (χ4n) is 3.82.